The van der Waals surface area contributed by atoms with Crippen LogP contribution in [0.3, 0.4) is 0 Å². The maximum atomic E-state index is 12.5. The van der Waals surface area contributed by atoms with Crippen LogP contribution in [-0.2, 0) is 6.42 Å². The molecule has 2 heterocycles. The van der Waals surface area contributed by atoms with Crippen molar-refractivity contribution in [3.63, 3.8) is 0 Å². The molecule has 1 saturated heterocycles. The smallest absolute Gasteiger partial charge is 0.289 e. The van der Waals surface area contributed by atoms with Gasteiger partial charge in [0.25, 0.3) is 5.91 Å². The van der Waals surface area contributed by atoms with Crippen LogP contribution in [0, 0.1) is 11.3 Å². The van der Waals surface area contributed by atoms with Gasteiger partial charge >= 0.3 is 0 Å². The molecule has 1 aromatic heterocycles. The molecule has 25 heavy (non-hydrogen) atoms. The summed E-state index contributed by atoms with van der Waals surface area (Å²) in [5.41, 5.74) is 1.72. The fourth-order valence-electron chi connectivity index (χ4n) is 3.01. The van der Waals surface area contributed by atoms with Crippen molar-refractivity contribution in [1.82, 2.24) is 9.80 Å². The number of carbonyl (C=O) groups excluding carboxylic acids is 1. The Bertz CT molecular complexity index is 797. The molecule has 0 aliphatic carbocycles. The molecule has 1 atom stereocenters. The van der Waals surface area contributed by atoms with E-state index in [0.29, 0.717) is 41.7 Å². The Hall–Kier alpha value is -2.30. The number of thiol groups is 1. The molecule has 1 aliphatic heterocycles. The van der Waals surface area contributed by atoms with Crippen molar-refractivity contribution < 1.29 is 9.21 Å². The zero-order valence-corrected chi connectivity index (χ0v) is 15.2. The van der Waals surface area contributed by atoms with E-state index in [1.165, 1.54) is 6.26 Å². The summed E-state index contributed by atoms with van der Waals surface area (Å²) in [4.78, 5) is 16.4. The monoisotopic (exact) mass is 371 g/mol. The molecule has 0 N–H and O–H groups in total. The summed E-state index contributed by atoms with van der Waals surface area (Å²) in [6.07, 6.45) is 2.22. The largest absolute Gasteiger partial charge is 0.459 e. The summed E-state index contributed by atoms with van der Waals surface area (Å²) in [6, 6.07) is 13.0. The Kier molecular flexibility index (Phi) is 5.41. The van der Waals surface area contributed by atoms with E-state index in [1.807, 2.05) is 17.0 Å². The fraction of sp³-hybridized carbons (Fsp3) is 0.278. The summed E-state index contributed by atoms with van der Waals surface area (Å²) in [5.74, 6) is 0.235. The number of thiocarbonyl (C=S) groups is 1. The van der Waals surface area contributed by atoms with Crippen LogP contribution in [0.5, 0.6) is 0 Å². The van der Waals surface area contributed by atoms with E-state index in [-0.39, 0.29) is 11.9 Å². The third kappa shape index (κ3) is 4.03. The van der Waals surface area contributed by atoms with Crippen LogP contribution in [-0.4, -0.2) is 45.7 Å². The molecule has 7 heteroatoms. The number of carbonyl (C=O) groups is 1. The summed E-state index contributed by atoms with van der Waals surface area (Å²) in [5, 5.41) is 8.91. The number of benzene rings is 1. The number of rotatable bonds is 3. The molecule has 128 valence electrons. The Morgan fingerprint density at radius 3 is 2.68 bits per heavy atom. The quantitative estimate of drug-likeness (QED) is 0.664. The lowest BCUT2D eigenvalue weighted by Crippen LogP contribution is -2.56. The van der Waals surface area contributed by atoms with Crippen LogP contribution in [0.15, 0.2) is 47.1 Å². The van der Waals surface area contributed by atoms with Crippen LogP contribution >= 0.6 is 24.8 Å². The molecule has 1 amide bonds. The van der Waals surface area contributed by atoms with Gasteiger partial charge in [-0.05, 0) is 36.2 Å². The van der Waals surface area contributed by atoms with E-state index in [2.05, 4.69) is 18.7 Å². The normalized spacial score (nSPS) is 17.2. The number of amides is 1. The molecule has 1 aliphatic rings. The topological polar surface area (TPSA) is 60.5 Å². The van der Waals surface area contributed by atoms with E-state index < -0.39 is 0 Å². The van der Waals surface area contributed by atoms with Gasteiger partial charge < -0.3 is 14.2 Å². The van der Waals surface area contributed by atoms with Gasteiger partial charge in [0.15, 0.2) is 5.76 Å². The van der Waals surface area contributed by atoms with Crippen molar-refractivity contribution in [1.29, 1.82) is 5.26 Å². The van der Waals surface area contributed by atoms with Crippen molar-refractivity contribution in [2.75, 3.05) is 19.6 Å². The Balaban J connectivity index is 1.76. The van der Waals surface area contributed by atoms with E-state index in [0.717, 1.165) is 5.56 Å². The maximum Gasteiger partial charge on any atom is 0.289 e. The lowest BCUT2D eigenvalue weighted by Gasteiger charge is -2.41. The first kappa shape index (κ1) is 17.5. The first-order valence-electron chi connectivity index (χ1n) is 7.90. The molecular formula is C18H17N3O2S2. The van der Waals surface area contributed by atoms with Gasteiger partial charge in [0.1, 0.15) is 4.32 Å². The zero-order chi connectivity index (χ0) is 17.8. The highest BCUT2D eigenvalue weighted by Gasteiger charge is 2.31. The molecule has 0 radical (unpaired) electrons. The standard InChI is InChI=1S/C18H17N3O2S2/c19-11-14-5-3-13(4-6-14)10-15-12-20(7-8-21(15)18(24)25)17(22)16-2-1-9-23-16/h1-6,9,15H,7-8,10,12H2,(H,24,25). The van der Waals surface area contributed by atoms with E-state index >= 15 is 0 Å². The average Bonchev–Trinajstić information content (AvgIpc) is 3.16. The van der Waals surface area contributed by atoms with Gasteiger partial charge in [-0.1, -0.05) is 24.4 Å². The Morgan fingerprint density at radius 2 is 2.08 bits per heavy atom. The SMILES string of the molecule is N#Cc1ccc(CC2CN(C(=O)c3ccco3)CCN2C(=S)S)cc1. The maximum absolute atomic E-state index is 12.5. The van der Waals surface area contributed by atoms with Crippen LogP contribution in [0.25, 0.3) is 0 Å². The molecule has 0 bridgehead atoms. The molecule has 0 spiro atoms. The number of nitriles is 1. The third-order valence-corrected chi connectivity index (χ3v) is 4.79. The summed E-state index contributed by atoms with van der Waals surface area (Å²) in [6.45, 7) is 1.75. The van der Waals surface area contributed by atoms with Crippen LogP contribution in [0.1, 0.15) is 21.7 Å². The average molecular weight is 371 g/mol. The van der Waals surface area contributed by atoms with Crippen molar-refractivity contribution in [3.05, 3.63) is 59.5 Å². The van der Waals surface area contributed by atoms with Crippen LogP contribution < -0.4 is 0 Å². The van der Waals surface area contributed by atoms with Gasteiger partial charge in [0.05, 0.1) is 23.9 Å². The zero-order valence-electron chi connectivity index (χ0n) is 13.5. The Morgan fingerprint density at radius 1 is 1.32 bits per heavy atom. The summed E-state index contributed by atoms with van der Waals surface area (Å²) < 4.78 is 5.76. The van der Waals surface area contributed by atoms with Gasteiger partial charge in [-0.2, -0.15) is 5.26 Å². The minimum atomic E-state index is -0.112. The Labute approximate surface area is 157 Å². The lowest BCUT2D eigenvalue weighted by atomic mass is 10.0. The van der Waals surface area contributed by atoms with E-state index in [1.54, 1.807) is 29.2 Å². The second-order valence-electron chi connectivity index (χ2n) is 5.87. The molecule has 0 saturated carbocycles. The van der Waals surface area contributed by atoms with Gasteiger partial charge in [-0.3, -0.25) is 4.79 Å². The van der Waals surface area contributed by atoms with Gasteiger partial charge in [0.2, 0.25) is 0 Å². The number of nitrogens with zero attached hydrogens (tertiary/aromatic N) is 3. The van der Waals surface area contributed by atoms with Gasteiger partial charge in [0, 0.05) is 19.6 Å². The highest BCUT2D eigenvalue weighted by atomic mass is 32.1. The van der Waals surface area contributed by atoms with Crippen molar-refractivity contribution in [2.24, 2.45) is 0 Å². The predicted molar refractivity (Wildman–Crippen MR) is 102 cm³/mol. The van der Waals surface area contributed by atoms with Crippen molar-refractivity contribution in [2.45, 2.75) is 12.5 Å². The number of hydrogen-bond acceptors (Lipinski definition) is 4. The van der Waals surface area contributed by atoms with Gasteiger partial charge in [-0.15, -0.1) is 12.6 Å². The second-order valence-corrected chi connectivity index (χ2v) is 6.98. The molecular weight excluding hydrogens is 354 g/mol. The molecule has 5 nitrogen and oxygen atoms in total. The second kappa shape index (κ2) is 7.72. The number of hydrogen-bond donors (Lipinski definition) is 1. The van der Waals surface area contributed by atoms with Crippen LogP contribution in [0.4, 0.5) is 0 Å². The summed E-state index contributed by atoms with van der Waals surface area (Å²) in [7, 11) is 0. The molecule has 3 rings (SSSR count). The van der Waals surface area contributed by atoms with E-state index in [9.17, 15) is 4.79 Å². The first-order chi connectivity index (χ1) is 12.1. The van der Waals surface area contributed by atoms with Crippen molar-refractivity contribution in [3.8, 4) is 6.07 Å². The third-order valence-electron chi connectivity index (χ3n) is 4.30. The first-order valence-corrected chi connectivity index (χ1v) is 8.75. The highest BCUT2D eigenvalue weighted by molar-refractivity contribution is 8.10. The highest BCUT2D eigenvalue weighted by Crippen LogP contribution is 2.19. The molecule has 1 fully saturated rings. The minimum absolute atomic E-state index is 0.0330. The van der Waals surface area contributed by atoms with E-state index in [4.69, 9.17) is 21.9 Å². The molecule has 2 aromatic rings. The number of furan rings is 1. The van der Waals surface area contributed by atoms with Crippen LogP contribution in [0.2, 0.25) is 0 Å². The molecule has 1 aromatic carbocycles. The fourth-order valence-corrected chi connectivity index (χ4v) is 3.51. The lowest BCUT2D eigenvalue weighted by molar-refractivity contribution is 0.0589. The predicted octanol–water partition coefficient (Wildman–Crippen LogP) is 2.74. The number of piperazine rings is 1. The van der Waals surface area contributed by atoms with Gasteiger partial charge in [-0.25, -0.2) is 0 Å². The summed E-state index contributed by atoms with van der Waals surface area (Å²) >= 11 is 9.59. The minimum Gasteiger partial charge on any atom is -0.459 e. The molecule has 1 unspecified atom stereocenters. The van der Waals surface area contributed by atoms with Crippen molar-refractivity contribution >= 4 is 35.1 Å².